The van der Waals surface area contributed by atoms with Crippen molar-refractivity contribution in [2.45, 2.75) is 26.7 Å². The first-order chi connectivity index (χ1) is 8.41. The molecule has 96 valence electrons. The second-order valence-electron chi connectivity index (χ2n) is 4.27. The van der Waals surface area contributed by atoms with E-state index in [9.17, 15) is 0 Å². The minimum Gasteiger partial charge on any atom is -0.383 e. The van der Waals surface area contributed by atoms with Gasteiger partial charge in [-0.3, -0.25) is 4.57 Å². The molecule has 5 nitrogen and oxygen atoms in total. The number of halogens is 2. The molecule has 7 heteroatoms. The van der Waals surface area contributed by atoms with Gasteiger partial charge in [-0.25, -0.2) is 15.0 Å². The van der Waals surface area contributed by atoms with Gasteiger partial charge in [0, 0.05) is 11.5 Å². The van der Waals surface area contributed by atoms with E-state index in [1.165, 1.54) is 0 Å². The fourth-order valence-electron chi connectivity index (χ4n) is 1.49. The van der Waals surface area contributed by atoms with Crippen LogP contribution in [0.5, 0.6) is 0 Å². The van der Waals surface area contributed by atoms with Crippen molar-refractivity contribution >= 4 is 51.0 Å². The summed E-state index contributed by atoms with van der Waals surface area (Å²) in [7, 11) is 0. The average Bonchev–Trinajstić information content (AvgIpc) is 2.63. The van der Waals surface area contributed by atoms with Gasteiger partial charge < -0.3 is 5.73 Å². The van der Waals surface area contributed by atoms with Gasteiger partial charge in [-0.1, -0.05) is 13.8 Å². The Morgan fingerprint density at radius 2 is 1.94 bits per heavy atom. The van der Waals surface area contributed by atoms with Crippen molar-refractivity contribution in [1.29, 1.82) is 0 Å². The Morgan fingerprint density at radius 3 is 2.44 bits per heavy atom. The van der Waals surface area contributed by atoms with Gasteiger partial charge in [-0.05, 0) is 52.1 Å². The van der Waals surface area contributed by atoms with E-state index in [0.29, 0.717) is 5.82 Å². The third-order valence-corrected chi connectivity index (χ3v) is 5.44. The van der Waals surface area contributed by atoms with Crippen LogP contribution in [0.3, 0.4) is 0 Å². The Morgan fingerprint density at radius 1 is 1.28 bits per heavy atom. The predicted octanol–water partition coefficient (Wildman–Crippen LogP) is 2.89. The fraction of sp³-hybridized carbons (Fsp3) is 0.364. The van der Waals surface area contributed by atoms with Gasteiger partial charge in [-0.2, -0.15) is 0 Å². The van der Waals surface area contributed by atoms with Crippen LogP contribution in [0.4, 0.5) is 5.82 Å². The third-order valence-electron chi connectivity index (χ3n) is 2.59. The summed E-state index contributed by atoms with van der Waals surface area (Å²) in [6, 6.07) is 0. The lowest BCUT2D eigenvalue weighted by Crippen LogP contribution is -2.10. The van der Waals surface area contributed by atoms with Crippen molar-refractivity contribution in [3.05, 3.63) is 25.1 Å². The van der Waals surface area contributed by atoms with E-state index in [1.54, 1.807) is 6.33 Å². The van der Waals surface area contributed by atoms with Crippen LogP contribution in [0, 0.1) is 14.3 Å². The first kappa shape index (κ1) is 14.0. The Kier molecular flexibility index (Phi) is 4.09. The lowest BCUT2D eigenvalue weighted by Gasteiger charge is -2.12. The van der Waals surface area contributed by atoms with Crippen molar-refractivity contribution in [2.75, 3.05) is 5.73 Å². The highest BCUT2D eigenvalue weighted by Crippen LogP contribution is 2.23. The summed E-state index contributed by atoms with van der Waals surface area (Å²) >= 11 is 4.45. The minimum atomic E-state index is 0.243. The van der Waals surface area contributed by atoms with Crippen LogP contribution in [0.25, 0.3) is 5.82 Å². The molecule has 2 N–H and O–H groups in total. The molecule has 0 saturated heterocycles. The number of anilines is 1. The van der Waals surface area contributed by atoms with E-state index < -0.39 is 0 Å². The number of nitrogens with zero attached hydrogens (tertiary/aromatic N) is 4. The second-order valence-corrected chi connectivity index (χ2v) is 6.31. The normalized spacial score (nSPS) is 11.2. The molecular formula is C11H13I2N5. The molecule has 0 aliphatic rings. The van der Waals surface area contributed by atoms with Gasteiger partial charge in [0.05, 0.1) is 0 Å². The molecule has 0 aromatic carbocycles. The maximum absolute atomic E-state index is 5.96. The monoisotopic (exact) mass is 469 g/mol. The Labute approximate surface area is 133 Å². The molecule has 0 atom stereocenters. The SMILES string of the molecule is Cc1c(N)nc(C(C)C)nc1-n1cnc(I)c1I. The van der Waals surface area contributed by atoms with Crippen LogP contribution in [-0.2, 0) is 0 Å². The summed E-state index contributed by atoms with van der Waals surface area (Å²) in [5.41, 5.74) is 6.84. The molecule has 0 fully saturated rings. The zero-order valence-corrected chi connectivity index (χ0v) is 14.6. The van der Waals surface area contributed by atoms with Crippen LogP contribution in [0.1, 0.15) is 31.2 Å². The molecule has 0 aliphatic heterocycles. The number of nitrogen functional groups attached to an aromatic ring is 1. The van der Waals surface area contributed by atoms with Crippen LogP contribution in [0.15, 0.2) is 6.33 Å². The number of nitrogens with two attached hydrogens (primary N) is 1. The maximum atomic E-state index is 5.96. The van der Waals surface area contributed by atoms with Crippen molar-refractivity contribution in [2.24, 2.45) is 0 Å². The smallest absolute Gasteiger partial charge is 0.147 e. The van der Waals surface area contributed by atoms with E-state index in [1.807, 2.05) is 11.5 Å². The molecule has 2 heterocycles. The van der Waals surface area contributed by atoms with E-state index in [0.717, 1.165) is 24.6 Å². The molecular weight excluding hydrogens is 456 g/mol. The molecule has 0 amide bonds. The number of hydrogen-bond donors (Lipinski definition) is 1. The Hall–Kier alpha value is -0.450. The van der Waals surface area contributed by atoms with Crippen LogP contribution in [0.2, 0.25) is 0 Å². The van der Waals surface area contributed by atoms with Crippen molar-refractivity contribution in [1.82, 2.24) is 19.5 Å². The van der Waals surface area contributed by atoms with E-state index in [-0.39, 0.29) is 5.92 Å². The maximum Gasteiger partial charge on any atom is 0.147 e. The second kappa shape index (κ2) is 5.27. The molecule has 0 bridgehead atoms. The van der Waals surface area contributed by atoms with E-state index >= 15 is 0 Å². The largest absolute Gasteiger partial charge is 0.383 e. The fourth-order valence-corrected chi connectivity index (χ4v) is 2.37. The van der Waals surface area contributed by atoms with Gasteiger partial charge >= 0.3 is 0 Å². The summed E-state index contributed by atoms with van der Waals surface area (Å²) < 4.78 is 3.93. The summed E-state index contributed by atoms with van der Waals surface area (Å²) in [5.74, 6) is 2.34. The van der Waals surface area contributed by atoms with Gasteiger partial charge in [0.1, 0.15) is 31.2 Å². The third kappa shape index (κ3) is 2.46. The molecule has 0 radical (unpaired) electrons. The van der Waals surface area contributed by atoms with Gasteiger partial charge in [0.15, 0.2) is 0 Å². The molecule has 2 aromatic heterocycles. The van der Waals surface area contributed by atoms with Gasteiger partial charge in [-0.15, -0.1) is 0 Å². The Balaban J connectivity index is 2.67. The molecule has 0 unspecified atom stereocenters. The quantitative estimate of drug-likeness (QED) is 0.688. The van der Waals surface area contributed by atoms with E-state index in [2.05, 4.69) is 74.0 Å². The highest BCUT2D eigenvalue weighted by atomic mass is 127. The molecule has 2 aromatic rings. The summed E-state index contributed by atoms with van der Waals surface area (Å²) in [6.07, 6.45) is 1.77. The molecule has 0 spiro atoms. The van der Waals surface area contributed by atoms with Gasteiger partial charge in [0.25, 0.3) is 0 Å². The van der Waals surface area contributed by atoms with Crippen LogP contribution < -0.4 is 5.73 Å². The summed E-state index contributed by atoms with van der Waals surface area (Å²) in [4.78, 5) is 13.2. The summed E-state index contributed by atoms with van der Waals surface area (Å²) in [5, 5.41) is 0. The molecule has 0 saturated carbocycles. The Bertz CT molecular complexity index is 591. The van der Waals surface area contributed by atoms with Crippen molar-refractivity contribution in [3.63, 3.8) is 0 Å². The number of rotatable bonds is 2. The summed E-state index contributed by atoms with van der Waals surface area (Å²) in [6.45, 7) is 6.03. The predicted molar refractivity (Wildman–Crippen MR) is 87.8 cm³/mol. The topological polar surface area (TPSA) is 69.6 Å². The molecule has 0 aliphatic carbocycles. The highest BCUT2D eigenvalue weighted by molar-refractivity contribution is 14.1. The van der Waals surface area contributed by atoms with Crippen LogP contribution >= 0.6 is 45.2 Å². The zero-order valence-electron chi connectivity index (χ0n) is 10.3. The number of aromatic nitrogens is 4. The molecule has 18 heavy (non-hydrogen) atoms. The average molecular weight is 469 g/mol. The number of imidazole rings is 1. The van der Waals surface area contributed by atoms with Crippen molar-refractivity contribution in [3.8, 4) is 5.82 Å². The minimum absolute atomic E-state index is 0.243. The first-order valence-electron chi connectivity index (χ1n) is 5.44. The van der Waals surface area contributed by atoms with Gasteiger partial charge in [0.2, 0.25) is 0 Å². The zero-order chi connectivity index (χ0) is 13.4. The molecule has 2 rings (SSSR count). The van der Waals surface area contributed by atoms with Crippen LogP contribution in [-0.4, -0.2) is 19.5 Å². The lowest BCUT2D eigenvalue weighted by atomic mass is 10.2. The van der Waals surface area contributed by atoms with Crippen molar-refractivity contribution < 1.29 is 0 Å². The number of hydrogen-bond acceptors (Lipinski definition) is 4. The first-order valence-corrected chi connectivity index (χ1v) is 7.60. The van der Waals surface area contributed by atoms with E-state index in [4.69, 9.17) is 5.73 Å². The highest BCUT2D eigenvalue weighted by Gasteiger charge is 2.15. The lowest BCUT2D eigenvalue weighted by molar-refractivity contribution is 0.759. The standard InChI is InChI=1S/C11H13I2N5/c1-5(2)10-16-9(14)6(3)11(17-10)18-4-15-7(12)8(18)13/h4-5H,1-3H3,(H2,14,16,17).